The molecule has 4 nitrogen and oxygen atoms in total. The van der Waals surface area contributed by atoms with E-state index in [1.165, 1.54) is 11.3 Å². The van der Waals surface area contributed by atoms with E-state index in [1.807, 2.05) is 0 Å². The summed E-state index contributed by atoms with van der Waals surface area (Å²) >= 11 is 0. The molecule has 1 saturated heterocycles. The van der Waals surface area contributed by atoms with E-state index in [0.29, 0.717) is 12.1 Å². The molecular weight excluding hydrogens is 258 g/mol. The summed E-state index contributed by atoms with van der Waals surface area (Å²) in [4.78, 5) is 0. The summed E-state index contributed by atoms with van der Waals surface area (Å²) in [6.07, 6.45) is 2.05. The average Bonchev–Trinajstić information content (AvgIpc) is 2.67. The molecule has 19 heavy (non-hydrogen) atoms. The van der Waals surface area contributed by atoms with E-state index in [-0.39, 0.29) is 0 Å². The van der Waals surface area contributed by atoms with Gasteiger partial charge in [0.15, 0.2) is 0 Å². The fourth-order valence-electron chi connectivity index (χ4n) is 3.04. The summed E-state index contributed by atoms with van der Waals surface area (Å²) in [5.74, 6) is 1.69. The average molecular weight is 283 g/mol. The zero-order valence-corrected chi connectivity index (χ0v) is 13.2. The van der Waals surface area contributed by atoms with Crippen LogP contribution in [0.1, 0.15) is 49.7 Å². The molecule has 1 aliphatic rings. The van der Waals surface area contributed by atoms with E-state index < -0.39 is 10.8 Å². The van der Waals surface area contributed by atoms with Crippen molar-refractivity contribution in [1.29, 1.82) is 0 Å². The molecule has 2 rings (SSSR count). The van der Waals surface area contributed by atoms with Crippen LogP contribution >= 0.6 is 0 Å². The van der Waals surface area contributed by atoms with Gasteiger partial charge in [-0.3, -0.25) is 8.89 Å². The van der Waals surface area contributed by atoms with Gasteiger partial charge in [-0.1, -0.05) is 0 Å². The topological polar surface area (TPSA) is 46.9 Å². The highest BCUT2D eigenvalue weighted by Crippen LogP contribution is 2.23. The Morgan fingerprint density at radius 1 is 1.42 bits per heavy atom. The number of hydrogen-bond donors (Lipinski definition) is 1. The SMILES string of the molecule is CCn1nc(C)c(C(C)NC2CCS(=O)CC2)c1C. The van der Waals surface area contributed by atoms with Crippen molar-refractivity contribution >= 4 is 10.8 Å². The fourth-order valence-corrected chi connectivity index (χ4v) is 4.34. The van der Waals surface area contributed by atoms with Crippen molar-refractivity contribution in [2.75, 3.05) is 11.5 Å². The number of rotatable bonds is 4. The Kier molecular flexibility index (Phi) is 4.79. The number of aromatic nitrogens is 2. The summed E-state index contributed by atoms with van der Waals surface area (Å²) in [5.41, 5.74) is 3.71. The predicted molar refractivity (Wildman–Crippen MR) is 79.8 cm³/mol. The van der Waals surface area contributed by atoms with Crippen LogP contribution < -0.4 is 5.32 Å². The number of nitrogens with zero attached hydrogens (tertiary/aromatic N) is 2. The number of hydrogen-bond acceptors (Lipinski definition) is 3. The molecule has 1 fully saturated rings. The first-order chi connectivity index (χ1) is 9.02. The van der Waals surface area contributed by atoms with Crippen LogP contribution in [-0.2, 0) is 17.3 Å². The highest BCUT2D eigenvalue weighted by Gasteiger charge is 2.22. The standard InChI is InChI=1S/C14H25N3OS/c1-5-17-12(4)14(11(3)16-17)10(2)15-13-6-8-19(18)9-7-13/h10,13,15H,5-9H2,1-4H3. The Labute approximate surface area is 118 Å². The maximum absolute atomic E-state index is 11.4. The van der Waals surface area contributed by atoms with Gasteiger partial charge in [0.25, 0.3) is 0 Å². The maximum atomic E-state index is 11.4. The van der Waals surface area contributed by atoms with E-state index in [0.717, 1.165) is 36.6 Å². The quantitative estimate of drug-likeness (QED) is 0.920. The highest BCUT2D eigenvalue weighted by molar-refractivity contribution is 7.85. The first kappa shape index (κ1) is 14.7. The molecule has 0 radical (unpaired) electrons. The lowest BCUT2D eigenvalue weighted by molar-refractivity contribution is 0.425. The second-order valence-electron chi connectivity index (χ2n) is 5.41. The highest BCUT2D eigenvalue weighted by atomic mass is 32.2. The summed E-state index contributed by atoms with van der Waals surface area (Å²) in [7, 11) is -0.583. The van der Waals surface area contributed by atoms with Gasteiger partial charge in [0.1, 0.15) is 0 Å². The van der Waals surface area contributed by atoms with Crippen molar-refractivity contribution in [2.45, 2.75) is 59.2 Å². The molecule has 0 bridgehead atoms. The van der Waals surface area contributed by atoms with E-state index >= 15 is 0 Å². The summed E-state index contributed by atoms with van der Waals surface area (Å²) in [5, 5.41) is 8.27. The van der Waals surface area contributed by atoms with Gasteiger partial charge in [0.2, 0.25) is 0 Å². The Bertz CT molecular complexity index is 460. The first-order valence-electron chi connectivity index (χ1n) is 7.17. The van der Waals surface area contributed by atoms with Crippen molar-refractivity contribution in [3.8, 4) is 0 Å². The molecule has 1 aromatic rings. The van der Waals surface area contributed by atoms with Crippen molar-refractivity contribution in [2.24, 2.45) is 0 Å². The third-order valence-electron chi connectivity index (χ3n) is 4.04. The molecule has 5 heteroatoms. The van der Waals surface area contributed by atoms with Gasteiger partial charge >= 0.3 is 0 Å². The van der Waals surface area contributed by atoms with Gasteiger partial charge in [-0.15, -0.1) is 0 Å². The van der Waals surface area contributed by atoms with Crippen LogP contribution in [0.3, 0.4) is 0 Å². The van der Waals surface area contributed by atoms with Crippen molar-refractivity contribution in [3.05, 3.63) is 17.0 Å². The van der Waals surface area contributed by atoms with E-state index in [9.17, 15) is 4.21 Å². The zero-order chi connectivity index (χ0) is 14.0. The van der Waals surface area contributed by atoms with Gasteiger partial charge in [-0.05, 0) is 40.5 Å². The molecule has 2 heterocycles. The van der Waals surface area contributed by atoms with Gasteiger partial charge in [0, 0.05) is 52.2 Å². The summed E-state index contributed by atoms with van der Waals surface area (Å²) in [6.45, 7) is 9.48. The molecule has 0 spiro atoms. The third-order valence-corrected chi connectivity index (χ3v) is 5.43. The van der Waals surface area contributed by atoms with Gasteiger partial charge < -0.3 is 5.32 Å². The second kappa shape index (κ2) is 6.18. The second-order valence-corrected chi connectivity index (χ2v) is 7.11. The van der Waals surface area contributed by atoms with Crippen LogP contribution in [0.15, 0.2) is 0 Å². The van der Waals surface area contributed by atoms with Gasteiger partial charge in [0.05, 0.1) is 5.69 Å². The summed E-state index contributed by atoms with van der Waals surface area (Å²) in [6, 6.07) is 0.813. The van der Waals surface area contributed by atoms with E-state index in [2.05, 4.69) is 42.8 Å². The van der Waals surface area contributed by atoms with Crippen LogP contribution in [0.5, 0.6) is 0 Å². The molecule has 0 saturated carbocycles. The molecule has 0 aliphatic carbocycles. The molecule has 1 aromatic heterocycles. The number of aryl methyl sites for hydroxylation is 2. The van der Waals surface area contributed by atoms with Crippen molar-refractivity contribution in [1.82, 2.24) is 15.1 Å². The lowest BCUT2D eigenvalue weighted by Gasteiger charge is -2.26. The molecule has 1 N–H and O–H groups in total. The molecule has 0 aromatic carbocycles. The minimum atomic E-state index is -0.583. The van der Waals surface area contributed by atoms with E-state index in [4.69, 9.17) is 0 Å². The fraction of sp³-hybridized carbons (Fsp3) is 0.786. The molecule has 1 aliphatic heterocycles. The number of nitrogens with one attached hydrogen (secondary N) is 1. The van der Waals surface area contributed by atoms with Gasteiger partial charge in [-0.25, -0.2) is 0 Å². The Morgan fingerprint density at radius 2 is 2.05 bits per heavy atom. The Balaban J connectivity index is 2.05. The van der Waals surface area contributed by atoms with E-state index in [1.54, 1.807) is 0 Å². The lowest BCUT2D eigenvalue weighted by Crippen LogP contribution is -2.37. The maximum Gasteiger partial charge on any atom is 0.0644 e. The Hall–Kier alpha value is -0.680. The molecule has 1 atom stereocenters. The van der Waals surface area contributed by atoms with Gasteiger partial charge in [-0.2, -0.15) is 5.10 Å². The van der Waals surface area contributed by atoms with Crippen molar-refractivity contribution < 1.29 is 4.21 Å². The predicted octanol–water partition coefficient (Wildman–Crippen LogP) is 2.08. The monoisotopic (exact) mass is 283 g/mol. The zero-order valence-electron chi connectivity index (χ0n) is 12.4. The minimum Gasteiger partial charge on any atom is -0.307 e. The first-order valence-corrected chi connectivity index (χ1v) is 8.66. The molecule has 0 amide bonds. The summed E-state index contributed by atoms with van der Waals surface area (Å²) < 4.78 is 13.5. The normalized spacial score (nSPS) is 25.5. The van der Waals surface area contributed by atoms with Crippen LogP contribution in [0.2, 0.25) is 0 Å². The van der Waals surface area contributed by atoms with Crippen molar-refractivity contribution in [3.63, 3.8) is 0 Å². The molecule has 108 valence electrons. The molecular formula is C14H25N3OS. The van der Waals surface area contributed by atoms with Crippen LogP contribution in [0.25, 0.3) is 0 Å². The molecule has 1 unspecified atom stereocenters. The van der Waals surface area contributed by atoms with Crippen LogP contribution in [0.4, 0.5) is 0 Å². The minimum absolute atomic E-state index is 0.317. The Morgan fingerprint density at radius 3 is 2.58 bits per heavy atom. The third kappa shape index (κ3) is 3.26. The largest absolute Gasteiger partial charge is 0.307 e. The smallest absolute Gasteiger partial charge is 0.0644 e. The van der Waals surface area contributed by atoms with Crippen LogP contribution in [0, 0.1) is 13.8 Å². The van der Waals surface area contributed by atoms with Crippen LogP contribution in [-0.4, -0.2) is 31.5 Å². The lowest BCUT2D eigenvalue weighted by atomic mass is 10.0.